The van der Waals surface area contributed by atoms with Gasteiger partial charge in [0.1, 0.15) is 5.82 Å². The van der Waals surface area contributed by atoms with Crippen LogP contribution in [0.3, 0.4) is 0 Å². The Morgan fingerprint density at radius 2 is 1.95 bits per heavy atom. The van der Waals surface area contributed by atoms with Gasteiger partial charge in [-0.15, -0.1) is 14.8 Å². The number of hydrogen-bond acceptors (Lipinski definition) is 5. The van der Waals surface area contributed by atoms with Gasteiger partial charge in [0.2, 0.25) is 0 Å². The molecule has 1 atom stereocenters. The number of aromatic nitrogens is 5. The molecule has 0 aliphatic rings. The maximum Gasteiger partial charge on any atom is 0.200 e. The average molecular weight is 275 g/mol. The van der Waals surface area contributed by atoms with E-state index in [1.54, 1.807) is 0 Å². The van der Waals surface area contributed by atoms with Crippen molar-refractivity contribution in [3.8, 4) is 0 Å². The molecular formula is C12H11ClN6. The number of rotatable bonds is 3. The van der Waals surface area contributed by atoms with Crippen LogP contribution in [0.4, 0.5) is 5.82 Å². The largest absolute Gasteiger partial charge is 0.362 e. The lowest BCUT2D eigenvalue weighted by Gasteiger charge is -2.14. The van der Waals surface area contributed by atoms with Gasteiger partial charge in [0.15, 0.2) is 5.65 Å². The van der Waals surface area contributed by atoms with Gasteiger partial charge in [-0.25, -0.2) is 0 Å². The van der Waals surface area contributed by atoms with Crippen molar-refractivity contribution in [2.45, 2.75) is 13.0 Å². The van der Waals surface area contributed by atoms with Crippen LogP contribution in [0.1, 0.15) is 18.5 Å². The maximum atomic E-state index is 5.87. The van der Waals surface area contributed by atoms with Crippen LogP contribution >= 0.6 is 11.6 Å². The molecule has 0 spiro atoms. The van der Waals surface area contributed by atoms with Gasteiger partial charge in [0.25, 0.3) is 0 Å². The van der Waals surface area contributed by atoms with Crippen molar-refractivity contribution >= 4 is 23.1 Å². The van der Waals surface area contributed by atoms with Gasteiger partial charge in [-0.1, -0.05) is 23.7 Å². The van der Waals surface area contributed by atoms with E-state index in [0.717, 1.165) is 10.6 Å². The molecule has 2 aromatic heterocycles. The summed E-state index contributed by atoms with van der Waals surface area (Å²) in [6, 6.07) is 11.5. The summed E-state index contributed by atoms with van der Waals surface area (Å²) < 4.78 is 1.39. The Morgan fingerprint density at radius 1 is 1.16 bits per heavy atom. The Bertz CT molecular complexity index is 693. The van der Waals surface area contributed by atoms with Crippen molar-refractivity contribution in [2.24, 2.45) is 0 Å². The zero-order chi connectivity index (χ0) is 13.2. The van der Waals surface area contributed by atoms with E-state index in [1.165, 1.54) is 4.63 Å². The van der Waals surface area contributed by atoms with Crippen LogP contribution in [-0.2, 0) is 0 Å². The fourth-order valence-electron chi connectivity index (χ4n) is 1.78. The molecule has 0 radical (unpaired) electrons. The molecule has 2 heterocycles. The molecule has 0 saturated carbocycles. The van der Waals surface area contributed by atoms with Crippen LogP contribution in [0.5, 0.6) is 0 Å². The highest BCUT2D eigenvalue weighted by Gasteiger charge is 2.07. The summed E-state index contributed by atoms with van der Waals surface area (Å²) in [5, 5.41) is 19.4. The summed E-state index contributed by atoms with van der Waals surface area (Å²) in [4.78, 5) is 0. The van der Waals surface area contributed by atoms with Crippen LogP contribution in [-0.4, -0.2) is 25.3 Å². The second kappa shape index (κ2) is 4.81. The third-order valence-electron chi connectivity index (χ3n) is 2.80. The molecule has 0 aliphatic heterocycles. The number of nitrogens with one attached hydrogen (secondary N) is 1. The third-order valence-corrected chi connectivity index (χ3v) is 3.06. The Hall–Kier alpha value is -2.21. The van der Waals surface area contributed by atoms with Crippen LogP contribution in [0.15, 0.2) is 36.4 Å². The molecule has 3 rings (SSSR count). The number of fused-ring (bicyclic) bond motifs is 1. The first-order valence-corrected chi connectivity index (χ1v) is 6.17. The fraction of sp³-hybridized carbons (Fsp3) is 0.167. The van der Waals surface area contributed by atoms with E-state index in [2.05, 4.69) is 32.9 Å². The monoisotopic (exact) mass is 274 g/mol. The summed E-state index contributed by atoms with van der Waals surface area (Å²) in [5.74, 6) is 0.710. The van der Waals surface area contributed by atoms with Crippen LogP contribution < -0.4 is 5.32 Å². The van der Waals surface area contributed by atoms with Gasteiger partial charge >= 0.3 is 0 Å². The fourth-order valence-corrected chi connectivity index (χ4v) is 1.91. The van der Waals surface area contributed by atoms with Crippen molar-refractivity contribution in [3.05, 3.63) is 47.0 Å². The lowest BCUT2D eigenvalue weighted by atomic mass is 10.1. The zero-order valence-electron chi connectivity index (χ0n) is 10.2. The highest BCUT2D eigenvalue weighted by molar-refractivity contribution is 6.30. The van der Waals surface area contributed by atoms with E-state index in [-0.39, 0.29) is 6.04 Å². The maximum absolute atomic E-state index is 5.87. The minimum atomic E-state index is 0.110. The first-order chi connectivity index (χ1) is 9.22. The molecule has 0 bridgehead atoms. The molecule has 6 nitrogen and oxygen atoms in total. The molecule has 0 fully saturated rings. The third kappa shape index (κ3) is 2.48. The average Bonchev–Trinajstić information content (AvgIpc) is 2.87. The van der Waals surface area contributed by atoms with E-state index in [9.17, 15) is 0 Å². The van der Waals surface area contributed by atoms with Crippen molar-refractivity contribution in [1.82, 2.24) is 25.3 Å². The molecule has 7 heteroatoms. The lowest BCUT2D eigenvalue weighted by Crippen LogP contribution is -2.09. The molecular weight excluding hydrogens is 264 g/mol. The summed E-state index contributed by atoms with van der Waals surface area (Å²) in [5.41, 5.74) is 1.74. The minimum Gasteiger partial charge on any atom is -0.362 e. The number of benzene rings is 1. The smallest absolute Gasteiger partial charge is 0.200 e. The van der Waals surface area contributed by atoms with Crippen molar-refractivity contribution in [3.63, 3.8) is 0 Å². The van der Waals surface area contributed by atoms with Gasteiger partial charge in [-0.3, -0.25) is 0 Å². The molecule has 0 aliphatic carbocycles. The first-order valence-electron chi connectivity index (χ1n) is 5.80. The quantitative estimate of drug-likeness (QED) is 0.794. The van der Waals surface area contributed by atoms with E-state index in [1.807, 2.05) is 36.4 Å². The number of tetrazole rings is 1. The second-order valence-corrected chi connectivity index (χ2v) is 4.60. The summed E-state index contributed by atoms with van der Waals surface area (Å²) >= 11 is 5.87. The van der Waals surface area contributed by atoms with E-state index >= 15 is 0 Å². The molecule has 0 unspecified atom stereocenters. The molecule has 96 valence electrons. The Kier molecular flexibility index (Phi) is 3.00. The molecule has 0 saturated heterocycles. The second-order valence-electron chi connectivity index (χ2n) is 4.16. The van der Waals surface area contributed by atoms with E-state index < -0.39 is 0 Å². The lowest BCUT2D eigenvalue weighted by molar-refractivity contribution is 0.728. The highest BCUT2D eigenvalue weighted by Crippen LogP contribution is 2.19. The number of hydrogen-bond donors (Lipinski definition) is 1. The molecule has 1 aromatic carbocycles. The van der Waals surface area contributed by atoms with Crippen LogP contribution in [0, 0.1) is 0 Å². The van der Waals surface area contributed by atoms with Crippen LogP contribution in [0.2, 0.25) is 5.02 Å². The van der Waals surface area contributed by atoms with Gasteiger partial charge in [0.05, 0.1) is 6.04 Å². The van der Waals surface area contributed by atoms with Gasteiger partial charge in [-0.2, -0.15) is 0 Å². The van der Waals surface area contributed by atoms with Gasteiger partial charge in [-0.05, 0) is 47.2 Å². The predicted octanol–water partition coefficient (Wildman–Crippen LogP) is 2.35. The van der Waals surface area contributed by atoms with Gasteiger partial charge < -0.3 is 5.32 Å². The van der Waals surface area contributed by atoms with E-state index in [4.69, 9.17) is 11.6 Å². The summed E-state index contributed by atoms with van der Waals surface area (Å²) in [6.07, 6.45) is 0. The minimum absolute atomic E-state index is 0.110. The van der Waals surface area contributed by atoms with Crippen molar-refractivity contribution in [1.29, 1.82) is 0 Å². The predicted molar refractivity (Wildman–Crippen MR) is 72.1 cm³/mol. The van der Waals surface area contributed by atoms with Gasteiger partial charge in [0, 0.05) is 5.02 Å². The highest BCUT2D eigenvalue weighted by atomic mass is 35.5. The normalized spacial score (nSPS) is 12.5. The Balaban J connectivity index is 1.81. The number of nitrogens with zero attached hydrogens (tertiary/aromatic N) is 5. The number of halogens is 1. The van der Waals surface area contributed by atoms with E-state index in [0.29, 0.717) is 11.5 Å². The molecule has 3 aromatic rings. The molecule has 1 N–H and O–H groups in total. The molecule has 19 heavy (non-hydrogen) atoms. The summed E-state index contributed by atoms with van der Waals surface area (Å²) in [6.45, 7) is 2.05. The standard InChI is InChI=1S/C12H11ClN6/c1-8(9-2-4-10(13)5-3-9)14-11-6-7-12-15-17-18-19(12)16-11/h2-8H,1H3,(H,14,16)/t8-/m1/s1. The topological polar surface area (TPSA) is 68.0 Å². The van der Waals surface area contributed by atoms with Crippen molar-refractivity contribution < 1.29 is 0 Å². The Morgan fingerprint density at radius 3 is 2.74 bits per heavy atom. The van der Waals surface area contributed by atoms with Crippen molar-refractivity contribution in [2.75, 3.05) is 5.32 Å². The van der Waals surface area contributed by atoms with Crippen LogP contribution in [0.25, 0.3) is 5.65 Å². The zero-order valence-corrected chi connectivity index (χ0v) is 10.9. The number of anilines is 1. The molecule has 0 amide bonds. The first kappa shape index (κ1) is 11.9. The Labute approximate surface area is 114 Å². The SMILES string of the molecule is C[C@@H](Nc1ccc2nnnn2n1)c1ccc(Cl)cc1. The summed E-state index contributed by atoms with van der Waals surface area (Å²) in [7, 11) is 0.